The van der Waals surface area contributed by atoms with E-state index in [1.54, 1.807) is 0 Å². The summed E-state index contributed by atoms with van der Waals surface area (Å²) in [5.74, 6) is 0.894. The Bertz CT molecular complexity index is 216. The summed E-state index contributed by atoms with van der Waals surface area (Å²) in [6.07, 6.45) is 5.53. The van der Waals surface area contributed by atoms with Crippen molar-refractivity contribution in [3.05, 3.63) is 0 Å². The molecule has 2 aliphatic heterocycles. The number of ether oxygens (including phenoxy) is 2. The third-order valence-electron chi connectivity index (χ3n) is 4.33. The van der Waals surface area contributed by atoms with Gasteiger partial charge < -0.3 is 9.47 Å². The number of rotatable bonds is 4. The van der Waals surface area contributed by atoms with Crippen LogP contribution >= 0.6 is 0 Å². The molecule has 3 heteroatoms. The van der Waals surface area contributed by atoms with Gasteiger partial charge in [-0.25, -0.2) is 0 Å². The predicted molar refractivity (Wildman–Crippen MR) is 69.2 cm³/mol. The molecular weight excluding hydrogens is 214 g/mol. The zero-order valence-corrected chi connectivity index (χ0v) is 11.4. The SMILES string of the molecule is CCC1CCOC(CC(C)N2CCOCC2)C1. The van der Waals surface area contributed by atoms with Gasteiger partial charge in [0.1, 0.15) is 0 Å². The van der Waals surface area contributed by atoms with Crippen molar-refractivity contribution in [2.45, 2.75) is 51.7 Å². The molecule has 2 rings (SSSR count). The molecule has 3 atom stereocenters. The van der Waals surface area contributed by atoms with Crippen molar-refractivity contribution >= 4 is 0 Å². The molecule has 2 saturated heterocycles. The minimum absolute atomic E-state index is 0.492. The van der Waals surface area contributed by atoms with Crippen LogP contribution < -0.4 is 0 Å². The summed E-state index contributed by atoms with van der Waals surface area (Å²) in [6.45, 7) is 9.58. The molecule has 17 heavy (non-hydrogen) atoms. The fourth-order valence-electron chi connectivity index (χ4n) is 3.04. The lowest BCUT2D eigenvalue weighted by atomic mass is 9.90. The second-order valence-corrected chi connectivity index (χ2v) is 5.52. The highest BCUT2D eigenvalue weighted by molar-refractivity contribution is 4.78. The van der Waals surface area contributed by atoms with Crippen molar-refractivity contribution in [3.63, 3.8) is 0 Å². The normalized spacial score (nSPS) is 33.5. The summed E-state index contributed by atoms with van der Waals surface area (Å²) in [7, 11) is 0. The average molecular weight is 241 g/mol. The second kappa shape index (κ2) is 6.72. The van der Waals surface area contributed by atoms with Crippen molar-refractivity contribution in [3.8, 4) is 0 Å². The van der Waals surface area contributed by atoms with Crippen LogP contribution in [0.1, 0.15) is 39.5 Å². The minimum atomic E-state index is 0.492. The lowest BCUT2D eigenvalue weighted by Gasteiger charge is -2.36. The molecule has 0 amide bonds. The van der Waals surface area contributed by atoms with E-state index in [1.807, 2.05) is 0 Å². The molecule has 0 bridgehead atoms. The molecule has 2 heterocycles. The van der Waals surface area contributed by atoms with Gasteiger partial charge in [-0.15, -0.1) is 0 Å². The quantitative estimate of drug-likeness (QED) is 0.754. The summed E-state index contributed by atoms with van der Waals surface area (Å²) < 4.78 is 11.3. The molecule has 2 aliphatic rings. The minimum Gasteiger partial charge on any atom is -0.379 e. The molecule has 0 N–H and O–H groups in total. The molecule has 3 nitrogen and oxygen atoms in total. The van der Waals surface area contributed by atoms with Crippen LogP contribution in [0.2, 0.25) is 0 Å². The number of morpholine rings is 1. The zero-order chi connectivity index (χ0) is 12.1. The largest absolute Gasteiger partial charge is 0.379 e. The highest BCUT2D eigenvalue weighted by Gasteiger charge is 2.25. The van der Waals surface area contributed by atoms with Crippen LogP contribution in [0.5, 0.6) is 0 Å². The highest BCUT2D eigenvalue weighted by Crippen LogP contribution is 2.26. The maximum Gasteiger partial charge on any atom is 0.0594 e. The van der Waals surface area contributed by atoms with Gasteiger partial charge in [-0.2, -0.15) is 0 Å². The Morgan fingerprint density at radius 1 is 1.24 bits per heavy atom. The van der Waals surface area contributed by atoms with Gasteiger partial charge in [0, 0.05) is 25.7 Å². The Labute approximate surface area is 105 Å². The summed E-state index contributed by atoms with van der Waals surface area (Å²) >= 11 is 0. The van der Waals surface area contributed by atoms with E-state index in [0.717, 1.165) is 38.8 Å². The Kier molecular flexibility index (Phi) is 5.26. The monoisotopic (exact) mass is 241 g/mol. The van der Waals surface area contributed by atoms with Crippen molar-refractivity contribution in [1.82, 2.24) is 4.90 Å². The Balaban J connectivity index is 1.74. The molecule has 0 aromatic rings. The van der Waals surface area contributed by atoms with Gasteiger partial charge in [-0.3, -0.25) is 4.90 Å². The Hall–Kier alpha value is -0.120. The van der Waals surface area contributed by atoms with E-state index < -0.39 is 0 Å². The second-order valence-electron chi connectivity index (χ2n) is 5.52. The topological polar surface area (TPSA) is 21.7 Å². The van der Waals surface area contributed by atoms with E-state index in [2.05, 4.69) is 18.7 Å². The Morgan fingerprint density at radius 2 is 2.00 bits per heavy atom. The van der Waals surface area contributed by atoms with Crippen molar-refractivity contribution < 1.29 is 9.47 Å². The molecule has 2 fully saturated rings. The van der Waals surface area contributed by atoms with Gasteiger partial charge in [0.25, 0.3) is 0 Å². The first-order valence-electron chi connectivity index (χ1n) is 7.23. The van der Waals surface area contributed by atoms with E-state index in [-0.39, 0.29) is 0 Å². The van der Waals surface area contributed by atoms with E-state index in [4.69, 9.17) is 9.47 Å². The fourth-order valence-corrected chi connectivity index (χ4v) is 3.04. The summed E-state index contributed by atoms with van der Waals surface area (Å²) in [6, 6.07) is 0.638. The molecule has 0 spiro atoms. The third kappa shape index (κ3) is 3.94. The molecule has 0 aliphatic carbocycles. The van der Waals surface area contributed by atoms with Crippen molar-refractivity contribution in [2.24, 2.45) is 5.92 Å². The maximum absolute atomic E-state index is 5.91. The smallest absolute Gasteiger partial charge is 0.0594 e. The molecular formula is C14H27NO2. The Morgan fingerprint density at radius 3 is 2.71 bits per heavy atom. The van der Waals surface area contributed by atoms with Crippen LogP contribution in [-0.4, -0.2) is 50.0 Å². The van der Waals surface area contributed by atoms with E-state index in [9.17, 15) is 0 Å². The van der Waals surface area contributed by atoms with Gasteiger partial charge in [0.2, 0.25) is 0 Å². The third-order valence-corrected chi connectivity index (χ3v) is 4.33. The molecule has 100 valence electrons. The summed E-state index contributed by atoms with van der Waals surface area (Å²) in [5.41, 5.74) is 0. The molecule has 0 radical (unpaired) electrons. The van der Waals surface area contributed by atoms with Crippen LogP contribution in [0.15, 0.2) is 0 Å². The number of hydrogen-bond acceptors (Lipinski definition) is 3. The lowest BCUT2D eigenvalue weighted by molar-refractivity contribution is -0.0389. The van der Waals surface area contributed by atoms with Crippen molar-refractivity contribution in [2.75, 3.05) is 32.9 Å². The standard InChI is InChI=1S/C14H27NO2/c1-3-13-4-7-17-14(11-13)10-12(2)15-5-8-16-9-6-15/h12-14H,3-11H2,1-2H3. The van der Waals surface area contributed by atoms with E-state index in [1.165, 1.54) is 25.7 Å². The first kappa shape index (κ1) is 13.3. The van der Waals surface area contributed by atoms with Gasteiger partial charge in [-0.05, 0) is 32.1 Å². The highest BCUT2D eigenvalue weighted by atomic mass is 16.5. The van der Waals surface area contributed by atoms with Gasteiger partial charge in [-0.1, -0.05) is 13.3 Å². The van der Waals surface area contributed by atoms with E-state index in [0.29, 0.717) is 12.1 Å². The number of hydrogen-bond donors (Lipinski definition) is 0. The van der Waals surface area contributed by atoms with E-state index >= 15 is 0 Å². The average Bonchev–Trinajstić information content (AvgIpc) is 2.40. The van der Waals surface area contributed by atoms with Crippen molar-refractivity contribution in [1.29, 1.82) is 0 Å². The zero-order valence-electron chi connectivity index (χ0n) is 11.4. The molecule has 0 aromatic carbocycles. The van der Waals surface area contributed by atoms with Crippen LogP contribution in [0, 0.1) is 5.92 Å². The van der Waals surface area contributed by atoms with Gasteiger partial charge >= 0.3 is 0 Å². The summed E-state index contributed by atoms with van der Waals surface area (Å²) in [4.78, 5) is 2.54. The van der Waals surface area contributed by atoms with Crippen LogP contribution in [-0.2, 0) is 9.47 Å². The van der Waals surface area contributed by atoms with Gasteiger partial charge in [0.05, 0.1) is 19.3 Å². The van der Waals surface area contributed by atoms with Crippen LogP contribution in [0.3, 0.4) is 0 Å². The first-order valence-corrected chi connectivity index (χ1v) is 7.23. The number of nitrogens with zero attached hydrogens (tertiary/aromatic N) is 1. The molecule has 0 saturated carbocycles. The predicted octanol–water partition coefficient (Wildman–Crippen LogP) is 2.30. The molecule has 3 unspecified atom stereocenters. The fraction of sp³-hybridized carbons (Fsp3) is 1.00. The molecule has 0 aromatic heterocycles. The maximum atomic E-state index is 5.91. The van der Waals surface area contributed by atoms with Crippen LogP contribution in [0.4, 0.5) is 0 Å². The van der Waals surface area contributed by atoms with Gasteiger partial charge in [0.15, 0.2) is 0 Å². The first-order chi connectivity index (χ1) is 8.29. The lowest BCUT2D eigenvalue weighted by Crippen LogP contribution is -2.44. The van der Waals surface area contributed by atoms with Crippen LogP contribution in [0.25, 0.3) is 0 Å². The summed E-state index contributed by atoms with van der Waals surface area (Å²) in [5, 5.41) is 0.